The fraction of sp³-hybridized carbons (Fsp3) is 0.914. The highest BCUT2D eigenvalue weighted by Gasteiger charge is 2.54. The first kappa shape index (κ1) is 32.4. The molecule has 8 saturated carbocycles. The van der Waals surface area contributed by atoms with Crippen LogP contribution in [0.4, 0.5) is 14.4 Å². The molecule has 8 aliphatic rings. The minimum Gasteiger partial charge on any atom is -0.465 e. The predicted molar refractivity (Wildman–Crippen MR) is 166 cm³/mol. The summed E-state index contributed by atoms with van der Waals surface area (Å²) in [4.78, 5) is 36.8. The van der Waals surface area contributed by atoms with E-state index in [0.29, 0.717) is 17.8 Å². The molecule has 8 bridgehead atoms. The first-order chi connectivity index (χ1) is 20.7. The topological polar surface area (TPSA) is 105 Å². The van der Waals surface area contributed by atoms with Gasteiger partial charge in [0.2, 0.25) is 0 Å². The second-order valence-corrected chi connectivity index (χ2v) is 15.4. The maximum atomic E-state index is 12.5. The zero-order valence-electron chi connectivity index (χ0n) is 27.0. The number of ether oxygens (including phenoxy) is 2. The molecular weight excluding hydrogens is 544 g/mol. The van der Waals surface area contributed by atoms with Crippen molar-refractivity contribution < 1.29 is 29.0 Å². The van der Waals surface area contributed by atoms with Crippen LogP contribution in [0.25, 0.3) is 0 Å². The number of nitrogens with one attached hydrogen (secondary N) is 1. The molecule has 0 unspecified atom stereocenters. The lowest BCUT2D eigenvalue weighted by atomic mass is 9.54. The average Bonchev–Trinajstić information content (AvgIpc) is 2.91. The van der Waals surface area contributed by atoms with Gasteiger partial charge in [-0.3, -0.25) is 0 Å². The highest BCUT2D eigenvalue weighted by atomic mass is 16.6. The Hall–Kier alpha value is -1.99. The lowest BCUT2D eigenvalue weighted by Gasteiger charge is -2.55. The van der Waals surface area contributed by atoms with Crippen molar-refractivity contribution in [3.05, 3.63) is 0 Å². The predicted octanol–water partition coefficient (Wildman–Crippen LogP) is 8.91. The molecule has 8 fully saturated rings. The van der Waals surface area contributed by atoms with Crippen molar-refractivity contribution >= 4 is 18.3 Å². The number of hydrogen-bond donors (Lipinski definition) is 2. The Morgan fingerprint density at radius 1 is 0.651 bits per heavy atom. The largest absolute Gasteiger partial charge is 0.465 e. The SMILES string of the molecule is CCCCCCN(C(=O)O)C(=O)OC12CC3CC(CC(C3)C1)C2.CCCCCCNC(=O)OC12CC3CC(CC(C3)C1)C2. The number of amides is 3. The lowest BCUT2D eigenvalue weighted by molar-refractivity contribution is -0.132. The van der Waals surface area contributed by atoms with Crippen LogP contribution in [0.15, 0.2) is 0 Å². The van der Waals surface area contributed by atoms with Crippen molar-refractivity contribution in [1.29, 1.82) is 0 Å². The molecule has 8 aliphatic carbocycles. The van der Waals surface area contributed by atoms with Crippen LogP contribution in [0.5, 0.6) is 0 Å². The summed E-state index contributed by atoms with van der Waals surface area (Å²) < 4.78 is 11.7. The molecule has 0 radical (unpaired) electrons. The Labute approximate surface area is 259 Å². The number of imide groups is 1. The summed E-state index contributed by atoms with van der Waals surface area (Å²) in [5, 5.41) is 12.3. The number of carboxylic acid groups (broad SMARTS) is 1. The van der Waals surface area contributed by atoms with Gasteiger partial charge in [0, 0.05) is 13.1 Å². The van der Waals surface area contributed by atoms with Crippen LogP contribution in [-0.4, -0.2) is 52.6 Å². The minimum atomic E-state index is -1.18. The first-order valence-corrected chi connectivity index (χ1v) is 17.9. The fourth-order valence-electron chi connectivity index (χ4n) is 10.5. The molecule has 2 N–H and O–H groups in total. The van der Waals surface area contributed by atoms with E-state index in [1.807, 2.05) is 0 Å². The van der Waals surface area contributed by atoms with Gasteiger partial charge in [0.15, 0.2) is 0 Å². The minimum absolute atomic E-state index is 0.0950. The summed E-state index contributed by atoms with van der Waals surface area (Å²) >= 11 is 0. The van der Waals surface area contributed by atoms with Gasteiger partial charge in [0.05, 0.1) is 0 Å². The monoisotopic (exact) mass is 602 g/mol. The number of rotatable bonds is 12. The van der Waals surface area contributed by atoms with E-state index in [4.69, 9.17) is 9.47 Å². The molecule has 43 heavy (non-hydrogen) atoms. The highest BCUT2D eigenvalue weighted by Crippen LogP contribution is 2.58. The van der Waals surface area contributed by atoms with Crippen LogP contribution in [0.2, 0.25) is 0 Å². The van der Waals surface area contributed by atoms with Gasteiger partial charge in [-0.15, -0.1) is 0 Å². The number of carbonyl (C=O) groups is 3. The normalized spacial score (nSPS) is 36.0. The molecule has 0 spiro atoms. The molecule has 0 aromatic rings. The molecule has 8 rings (SSSR count). The van der Waals surface area contributed by atoms with Crippen molar-refractivity contribution in [1.82, 2.24) is 10.2 Å². The molecule has 8 nitrogen and oxygen atoms in total. The van der Waals surface area contributed by atoms with E-state index in [0.717, 1.165) is 99.8 Å². The number of nitrogens with zero attached hydrogens (tertiary/aromatic N) is 1. The van der Waals surface area contributed by atoms with Crippen molar-refractivity contribution in [3.8, 4) is 0 Å². The summed E-state index contributed by atoms with van der Waals surface area (Å²) in [7, 11) is 0. The van der Waals surface area contributed by atoms with Crippen molar-refractivity contribution in [3.63, 3.8) is 0 Å². The van der Waals surface area contributed by atoms with Crippen molar-refractivity contribution in [2.24, 2.45) is 35.5 Å². The fourth-order valence-corrected chi connectivity index (χ4v) is 10.5. The van der Waals surface area contributed by atoms with Gasteiger partial charge < -0.3 is 19.9 Å². The summed E-state index contributed by atoms with van der Waals surface area (Å²) in [6.45, 7) is 5.33. The molecule has 0 saturated heterocycles. The standard InChI is InChI=1S/C18H29NO4.C17H29NO2/c1-2-3-4-5-6-19(16(20)21)17(22)23-18-10-13-7-14(11-18)9-15(8-13)12-18;1-2-3-4-5-6-18-16(19)20-17-10-13-7-14(11-17)9-15(8-13)12-17/h13-15H,2-12H2,1H3,(H,20,21);13-15H,2-12H2,1H3,(H,18,19). The molecule has 244 valence electrons. The van der Waals surface area contributed by atoms with Crippen LogP contribution in [0.1, 0.15) is 142 Å². The average molecular weight is 603 g/mol. The number of alkyl carbamates (subject to hydrolysis) is 1. The summed E-state index contributed by atoms with van der Waals surface area (Å²) in [6, 6.07) is 0. The summed E-state index contributed by atoms with van der Waals surface area (Å²) in [6.07, 6.45) is 20.8. The number of unbranched alkanes of at least 4 members (excludes halogenated alkanes) is 6. The van der Waals surface area contributed by atoms with Crippen LogP contribution in [-0.2, 0) is 9.47 Å². The van der Waals surface area contributed by atoms with Gasteiger partial charge in [-0.2, -0.15) is 0 Å². The molecule has 0 aliphatic heterocycles. The number of hydrogen-bond acceptors (Lipinski definition) is 5. The third kappa shape index (κ3) is 8.39. The van der Waals surface area contributed by atoms with Crippen molar-refractivity contribution in [2.75, 3.05) is 13.1 Å². The van der Waals surface area contributed by atoms with E-state index in [1.54, 1.807) is 0 Å². The van der Waals surface area contributed by atoms with E-state index in [9.17, 15) is 19.5 Å². The lowest BCUT2D eigenvalue weighted by Crippen LogP contribution is -2.54. The Balaban J connectivity index is 0.000000173. The Bertz CT molecular complexity index is 895. The van der Waals surface area contributed by atoms with Crippen LogP contribution in [0.3, 0.4) is 0 Å². The van der Waals surface area contributed by atoms with Crippen LogP contribution >= 0.6 is 0 Å². The van der Waals surface area contributed by atoms with Gasteiger partial charge >= 0.3 is 18.3 Å². The second kappa shape index (κ2) is 14.4. The van der Waals surface area contributed by atoms with Crippen LogP contribution in [0, 0.1) is 35.5 Å². The Morgan fingerprint density at radius 2 is 1.07 bits per heavy atom. The van der Waals surface area contributed by atoms with Gasteiger partial charge in [0.1, 0.15) is 11.2 Å². The van der Waals surface area contributed by atoms with Gasteiger partial charge in [0.25, 0.3) is 0 Å². The maximum Gasteiger partial charge on any atom is 0.419 e. The molecule has 0 aromatic heterocycles. The molecular formula is C35H58N2O6. The first-order valence-electron chi connectivity index (χ1n) is 17.9. The molecule has 8 heteroatoms. The van der Waals surface area contributed by atoms with Crippen LogP contribution < -0.4 is 5.32 Å². The Morgan fingerprint density at radius 3 is 1.49 bits per heavy atom. The smallest absolute Gasteiger partial charge is 0.419 e. The zero-order valence-corrected chi connectivity index (χ0v) is 27.0. The summed E-state index contributed by atoms with van der Waals surface area (Å²) in [5.74, 6) is 4.53. The molecule has 0 heterocycles. The second-order valence-electron chi connectivity index (χ2n) is 15.4. The van der Waals surface area contributed by atoms with E-state index in [2.05, 4.69) is 19.2 Å². The van der Waals surface area contributed by atoms with Gasteiger partial charge in [-0.05, 0) is 125 Å². The zero-order chi connectivity index (χ0) is 30.5. The van der Waals surface area contributed by atoms with E-state index < -0.39 is 12.2 Å². The van der Waals surface area contributed by atoms with Crippen molar-refractivity contribution in [2.45, 2.75) is 153 Å². The van der Waals surface area contributed by atoms with Gasteiger partial charge in [-0.1, -0.05) is 52.4 Å². The summed E-state index contributed by atoms with van der Waals surface area (Å²) in [5.41, 5.74) is -0.467. The van der Waals surface area contributed by atoms with E-state index in [-0.39, 0.29) is 23.8 Å². The maximum absolute atomic E-state index is 12.5. The highest BCUT2D eigenvalue weighted by molar-refractivity contribution is 5.86. The third-order valence-electron chi connectivity index (χ3n) is 11.6. The van der Waals surface area contributed by atoms with E-state index >= 15 is 0 Å². The van der Waals surface area contributed by atoms with Gasteiger partial charge in [-0.25, -0.2) is 19.3 Å². The molecule has 0 aromatic carbocycles. The Kier molecular flexibility index (Phi) is 10.9. The van der Waals surface area contributed by atoms with E-state index in [1.165, 1.54) is 57.8 Å². The molecule has 3 amide bonds. The molecule has 0 atom stereocenters. The third-order valence-corrected chi connectivity index (χ3v) is 11.6. The number of carbonyl (C=O) groups excluding carboxylic acids is 2. The quantitative estimate of drug-likeness (QED) is 0.216.